The minimum absolute atomic E-state index is 0.188. The molecule has 0 saturated heterocycles. The molecule has 4 nitrogen and oxygen atoms in total. The Morgan fingerprint density at radius 1 is 1.38 bits per heavy atom. The summed E-state index contributed by atoms with van der Waals surface area (Å²) in [6.45, 7) is 0. The average Bonchev–Trinajstić information content (AvgIpc) is 2.80. The predicted octanol–water partition coefficient (Wildman–Crippen LogP) is 1.96. The van der Waals surface area contributed by atoms with Crippen LogP contribution in [0.1, 0.15) is 10.6 Å². The first-order valence-electron chi connectivity index (χ1n) is 4.72. The molecule has 0 aliphatic rings. The fraction of sp³-hybridized carbons (Fsp3) is 0.0909. The van der Waals surface area contributed by atoms with Gasteiger partial charge in [0, 0.05) is 11.6 Å². The monoisotopic (exact) mass is 234 g/mol. The Morgan fingerprint density at radius 2 is 2.12 bits per heavy atom. The van der Waals surface area contributed by atoms with Crippen molar-refractivity contribution in [3.8, 4) is 11.3 Å². The molecule has 0 aliphatic carbocycles. The van der Waals surface area contributed by atoms with Crippen molar-refractivity contribution >= 4 is 18.5 Å². The van der Waals surface area contributed by atoms with E-state index in [9.17, 15) is 4.79 Å². The molecule has 1 aromatic carbocycles. The van der Waals surface area contributed by atoms with Crippen molar-refractivity contribution < 1.29 is 9.32 Å². The van der Waals surface area contributed by atoms with Gasteiger partial charge in [-0.25, -0.2) is 0 Å². The minimum Gasteiger partial charge on any atom is -0.350 e. The maximum atomic E-state index is 11.4. The van der Waals surface area contributed by atoms with Gasteiger partial charge < -0.3 is 9.84 Å². The maximum absolute atomic E-state index is 11.4. The molecule has 0 spiro atoms. The van der Waals surface area contributed by atoms with Crippen LogP contribution in [-0.4, -0.2) is 16.9 Å². The van der Waals surface area contributed by atoms with Gasteiger partial charge in [-0.05, 0) is 0 Å². The summed E-state index contributed by atoms with van der Waals surface area (Å²) in [6, 6.07) is 11.1. The van der Waals surface area contributed by atoms with Gasteiger partial charge in [-0.3, -0.25) is 4.79 Å². The molecular weight excluding hydrogens is 224 g/mol. The van der Waals surface area contributed by atoms with Crippen molar-refractivity contribution in [1.29, 1.82) is 0 Å². The Morgan fingerprint density at radius 3 is 2.81 bits per heavy atom. The van der Waals surface area contributed by atoms with Crippen molar-refractivity contribution in [2.24, 2.45) is 0 Å². The second-order valence-electron chi connectivity index (χ2n) is 3.11. The number of nitrogens with zero attached hydrogens (tertiary/aromatic N) is 1. The fourth-order valence-corrected chi connectivity index (χ4v) is 1.43. The summed E-state index contributed by atoms with van der Waals surface area (Å²) in [5, 5.41) is 6.35. The van der Waals surface area contributed by atoms with E-state index in [0.29, 0.717) is 5.69 Å². The number of aromatic nitrogens is 1. The molecule has 16 heavy (non-hydrogen) atoms. The van der Waals surface area contributed by atoms with Crippen molar-refractivity contribution in [2.75, 3.05) is 5.88 Å². The van der Waals surface area contributed by atoms with Crippen LogP contribution in [0.4, 0.5) is 0 Å². The van der Waals surface area contributed by atoms with E-state index >= 15 is 0 Å². The third-order valence-electron chi connectivity index (χ3n) is 2.04. The number of nitrogens with one attached hydrogen (secondary N) is 1. The number of thiol groups is 1. The number of amides is 1. The Balaban J connectivity index is 2.23. The molecule has 2 aromatic rings. The zero-order valence-electron chi connectivity index (χ0n) is 8.38. The standard InChI is InChI=1S/C11H10N2O2S/c14-11(12-7-16)10-6-9(13-15-10)8-4-2-1-3-5-8/h1-6,16H,7H2,(H,12,14). The molecule has 0 fully saturated rings. The molecule has 1 aromatic heterocycles. The maximum Gasteiger partial charge on any atom is 0.290 e. The number of hydrogen-bond donors (Lipinski definition) is 2. The molecule has 0 radical (unpaired) electrons. The van der Waals surface area contributed by atoms with Crippen LogP contribution in [0.3, 0.4) is 0 Å². The second-order valence-corrected chi connectivity index (χ2v) is 3.42. The normalized spacial score (nSPS) is 10.1. The number of benzene rings is 1. The lowest BCUT2D eigenvalue weighted by molar-refractivity contribution is 0.0924. The van der Waals surface area contributed by atoms with Gasteiger partial charge in [-0.2, -0.15) is 12.6 Å². The van der Waals surface area contributed by atoms with E-state index < -0.39 is 0 Å². The van der Waals surface area contributed by atoms with Crippen LogP contribution >= 0.6 is 12.6 Å². The lowest BCUT2D eigenvalue weighted by atomic mass is 10.1. The van der Waals surface area contributed by atoms with E-state index in [2.05, 4.69) is 23.1 Å². The molecule has 1 amide bonds. The summed E-state index contributed by atoms with van der Waals surface area (Å²) in [5.41, 5.74) is 1.56. The van der Waals surface area contributed by atoms with Gasteiger partial charge in [0.2, 0.25) is 5.76 Å². The van der Waals surface area contributed by atoms with Crippen LogP contribution in [0.15, 0.2) is 40.9 Å². The molecule has 0 saturated carbocycles. The van der Waals surface area contributed by atoms with Gasteiger partial charge in [0.05, 0.1) is 5.88 Å². The van der Waals surface area contributed by atoms with Crippen LogP contribution < -0.4 is 5.32 Å². The Labute approximate surface area is 98.1 Å². The number of hydrogen-bond acceptors (Lipinski definition) is 4. The van der Waals surface area contributed by atoms with Crippen LogP contribution in [0.2, 0.25) is 0 Å². The molecule has 1 heterocycles. The van der Waals surface area contributed by atoms with E-state index in [-0.39, 0.29) is 17.5 Å². The van der Waals surface area contributed by atoms with Gasteiger partial charge in [0.1, 0.15) is 5.69 Å². The highest BCUT2D eigenvalue weighted by molar-refractivity contribution is 7.80. The molecule has 5 heteroatoms. The van der Waals surface area contributed by atoms with E-state index in [0.717, 1.165) is 5.56 Å². The number of rotatable bonds is 3. The summed E-state index contributed by atoms with van der Waals surface area (Å²) >= 11 is 3.89. The van der Waals surface area contributed by atoms with Gasteiger partial charge in [-0.1, -0.05) is 35.5 Å². The van der Waals surface area contributed by atoms with E-state index in [4.69, 9.17) is 4.52 Å². The first-order chi connectivity index (χ1) is 7.81. The van der Waals surface area contributed by atoms with Crippen LogP contribution in [-0.2, 0) is 0 Å². The molecule has 0 unspecified atom stereocenters. The summed E-state index contributed by atoms with van der Waals surface area (Å²) in [5.74, 6) is 0.137. The van der Waals surface area contributed by atoms with E-state index in [1.807, 2.05) is 30.3 Å². The third-order valence-corrected chi connectivity index (χ3v) is 2.20. The van der Waals surface area contributed by atoms with Gasteiger partial charge in [-0.15, -0.1) is 0 Å². The SMILES string of the molecule is O=C(NCS)c1cc(-c2ccccc2)no1. The van der Waals surface area contributed by atoms with Gasteiger partial charge in [0.15, 0.2) is 0 Å². The molecule has 0 bridgehead atoms. The number of carbonyl (C=O) groups is 1. The van der Waals surface area contributed by atoms with Crippen LogP contribution in [0.5, 0.6) is 0 Å². The molecule has 2 rings (SSSR count). The van der Waals surface area contributed by atoms with Crippen molar-refractivity contribution in [3.05, 3.63) is 42.2 Å². The predicted molar refractivity (Wildman–Crippen MR) is 63.3 cm³/mol. The largest absolute Gasteiger partial charge is 0.350 e. The van der Waals surface area contributed by atoms with Crippen molar-refractivity contribution in [1.82, 2.24) is 10.5 Å². The Kier molecular flexibility index (Phi) is 3.26. The van der Waals surface area contributed by atoms with Gasteiger partial charge in [0.25, 0.3) is 5.91 Å². The van der Waals surface area contributed by atoms with Crippen LogP contribution in [0, 0.1) is 0 Å². The Hall–Kier alpha value is -1.75. The highest BCUT2D eigenvalue weighted by atomic mass is 32.1. The van der Waals surface area contributed by atoms with Crippen LogP contribution in [0.25, 0.3) is 11.3 Å². The average molecular weight is 234 g/mol. The van der Waals surface area contributed by atoms with Crippen molar-refractivity contribution in [3.63, 3.8) is 0 Å². The summed E-state index contributed by atoms with van der Waals surface area (Å²) in [6.07, 6.45) is 0. The quantitative estimate of drug-likeness (QED) is 0.630. The molecule has 1 N–H and O–H groups in total. The minimum atomic E-state index is -0.315. The molecule has 0 aliphatic heterocycles. The zero-order chi connectivity index (χ0) is 11.4. The van der Waals surface area contributed by atoms with Gasteiger partial charge >= 0.3 is 0 Å². The highest BCUT2D eigenvalue weighted by Crippen LogP contribution is 2.18. The fourth-order valence-electron chi connectivity index (χ4n) is 1.29. The lowest BCUT2D eigenvalue weighted by Gasteiger charge is -1.94. The summed E-state index contributed by atoms with van der Waals surface area (Å²) in [4.78, 5) is 11.4. The zero-order valence-corrected chi connectivity index (χ0v) is 9.28. The molecule has 0 atom stereocenters. The third kappa shape index (κ3) is 2.25. The molecule has 82 valence electrons. The summed E-state index contributed by atoms with van der Waals surface area (Å²) < 4.78 is 4.94. The smallest absolute Gasteiger partial charge is 0.290 e. The van der Waals surface area contributed by atoms with Crippen molar-refractivity contribution in [2.45, 2.75) is 0 Å². The van der Waals surface area contributed by atoms with E-state index in [1.165, 1.54) is 0 Å². The first kappa shape index (κ1) is 10.8. The topological polar surface area (TPSA) is 55.1 Å². The number of carbonyl (C=O) groups excluding carboxylic acids is 1. The summed E-state index contributed by atoms with van der Waals surface area (Å²) in [7, 11) is 0. The van der Waals surface area contributed by atoms with E-state index in [1.54, 1.807) is 6.07 Å². The second kappa shape index (κ2) is 4.85. The molecular formula is C11H10N2O2S. The lowest BCUT2D eigenvalue weighted by Crippen LogP contribution is -2.20. The Bertz CT molecular complexity index is 482. The highest BCUT2D eigenvalue weighted by Gasteiger charge is 2.12. The first-order valence-corrected chi connectivity index (χ1v) is 5.35.